The average Bonchev–Trinajstić information content (AvgIpc) is 2.30. The summed E-state index contributed by atoms with van der Waals surface area (Å²) in [6.45, 7) is 2.67. The molecule has 3 heteroatoms. The second kappa shape index (κ2) is 3.32. The Morgan fingerprint density at radius 1 is 1.73 bits per heavy atom. The van der Waals surface area contributed by atoms with Crippen LogP contribution in [0.2, 0.25) is 0 Å². The van der Waals surface area contributed by atoms with Crippen molar-refractivity contribution in [1.29, 1.82) is 0 Å². The lowest BCUT2D eigenvalue weighted by atomic mass is 10.1. The summed E-state index contributed by atoms with van der Waals surface area (Å²) in [7, 11) is 1.88. The molecule has 0 aromatic rings. The Balaban J connectivity index is 2.60. The van der Waals surface area contributed by atoms with Gasteiger partial charge in [0.2, 0.25) is 0 Å². The third kappa shape index (κ3) is 1.60. The van der Waals surface area contributed by atoms with Gasteiger partial charge in [-0.2, -0.15) is 0 Å². The number of hydrogen-bond acceptors (Lipinski definition) is 3. The molecule has 0 saturated carbocycles. The van der Waals surface area contributed by atoms with E-state index in [2.05, 4.69) is 0 Å². The number of likely N-dealkylation sites (tertiary alicyclic amines) is 1. The summed E-state index contributed by atoms with van der Waals surface area (Å²) >= 11 is 0. The van der Waals surface area contributed by atoms with Crippen LogP contribution < -0.4 is 0 Å². The van der Waals surface area contributed by atoms with E-state index in [0.29, 0.717) is 6.42 Å². The second-order valence-corrected chi connectivity index (χ2v) is 3.10. The van der Waals surface area contributed by atoms with Gasteiger partial charge in [-0.05, 0) is 13.5 Å². The minimum Gasteiger partial charge on any atom is -0.391 e. The van der Waals surface area contributed by atoms with E-state index in [9.17, 15) is 9.90 Å². The second-order valence-electron chi connectivity index (χ2n) is 3.10. The normalized spacial score (nSPS) is 32.6. The standard InChI is InChI=1S/C8H15NO2/c1-3-6(10)8-7(11)4-5-9(8)2/h7-8,11H,3-5H2,1-2H3. The van der Waals surface area contributed by atoms with Crippen LogP contribution in [0.25, 0.3) is 0 Å². The molecule has 1 N–H and O–H groups in total. The highest BCUT2D eigenvalue weighted by Crippen LogP contribution is 2.17. The van der Waals surface area contributed by atoms with Crippen molar-refractivity contribution in [3.63, 3.8) is 0 Å². The molecule has 1 rings (SSSR count). The lowest BCUT2D eigenvalue weighted by Gasteiger charge is -2.19. The summed E-state index contributed by atoms with van der Waals surface area (Å²) in [5, 5.41) is 9.40. The quantitative estimate of drug-likeness (QED) is 0.615. The van der Waals surface area contributed by atoms with Gasteiger partial charge in [-0.25, -0.2) is 0 Å². The highest BCUT2D eigenvalue weighted by atomic mass is 16.3. The number of ketones is 1. The Hall–Kier alpha value is -0.410. The monoisotopic (exact) mass is 157 g/mol. The van der Waals surface area contributed by atoms with Crippen LogP contribution in [0, 0.1) is 0 Å². The van der Waals surface area contributed by atoms with Crippen molar-refractivity contribution in [2.45, 2.75) is 31.9 Å². The summed E-state index contributed by atoms with van der Waals surface area (Å²) in [4.78, 5) is 13.2. The number of carbonyl (C=O) groups is 1. The fourth-order valence-corrected chi connectivity index (χ4v) is 1.60. The molecule has 0 radical (unpaired) electrons. The van der Waals surface area contributed by atoms with Gasteiger partial charge in [0.1, 0.15) is 0 Å². The molecule has 0 spiro atoms. The zero-order chi connectivity index (χ0) is 8.43. The van der Waals surface area contributed by atoms with Crippen LogP contribution in [0.1, 0.15) is 19.8 Å². The Labute approximate surface area is 67.0 Å². The lowest BCUT2D eigenvalue weighted by Crippen LogP contribution is -2.39. The first-order valence-electron chi connectivity index (χ1n) is 4.07. The molecule has 1 heterocycles. The fourth-order valence-electron chi connectivity index (χ4n) is 1.60. The number of hydrogen-bond donors (Lipinski definition) is 1. The van der Waals surface area contributed by atoms with Crippen LogP contribution >= 0.6 is 0 Å². The number of likely N-dealkylation sites (N-methyl/N-ethyl adjacent to an activating group) is 1. The highest BCUT2D eigenvalue weighted by molar-refractivity contribution is 5.84. The molecule has 1 aliphatic rings. The van der Waals surface area contributed by atoms with Gasteiger partial charge in [-0.15, -0.1) is 0 Å². The number of carbonyl (C=O) groups excluding carboxylic acids is 1. The summed E-state index contributed by atoms with van der Waals surface area (Å²) in [6, 6.07) is -0.236. The minimum absolute atomic E-state index is 0.150. The molecule has 1 fully saturated rings. The van der Waals surface area contributed by atoms with Gasteiger partial charge in [0, 0.05) is 13.0 Å². The summed E-state index contributed by atoms with van der Waals surface area (Å²) in [6.07, 6.45) is 0.811. The van der Waals surface area contributed by atoms with E-state index in [0.717, 1.165) is 13.0 Å². The minimum atomic E-state index is -0.438. The molecule has 64 valence electrons. The molecule has 0 amide bonds. The van der Waals surface area contributed by atoms with Gasteiger partial charge in [0.15, 0.2) is 5.78 Å². The first-order chi connectivity index (χ1) is 5.16. The molecule has 0 aliphatic carbocycles. The van der Waals surface area contributed by atoms with Crippen LogP contribution in [0.4, 0.5) is 0 Å². The summed E-state index contributed by atoms with van der Waals surface area (Å²) in [5.41, 5.74) is 0. The number of rotatable bonds is 2. The van der Waals surface area contributed by atoms with Gasteiger partial charge >= 0.3 is 0 Å². The summed E-state index contributed by atoms with van der Waals surface area (Å²) < 4.78 is 0. The molecule has 2 unspecified atom stereocenters. The van der Waals surface area contributed by atoms with Crippen LogP contribution in [0.3, 0.4) is 0 Å². The molecular weight excluding hydrogens is 142 g/mol. The van der Waals surface area contributed by atoms with E-state index < -0.39 is 6.10 Å². The molecule has 0 bridgehead atoms. The Morgan fingerprint density at radius 3 is 2.73 bits per heavy atom. The van der Waals surface area contributed by atoms with Crippen LogP contribution in [-0.4, -0.2) is 41.5 Å². The average molecular weight is 157 g/mol. The van der Waals surface area contributed by atoms with E-state index in [1.807, 2.05) is 18.9 Å². The number of Topliss-reactive ketones (excluding diaryl/α,β-unsaturated/α-hetero) is 1. The molecule has 11 heavy (non-hydrogen) atoms. The number of aliphatic hydroxyl groups excluding tert-OH is 1. The van der Waals surface area contributed by atoms with Crippen LogP contribution in [0.15, 0.2) is 0 Å². The zero-order valence-electron chi connectivity index (χ0n) is 7.08. The maximum Gasteiger partial charge on any atom is 0.152 e. The number of nitrogens with zero attached hydrogens (tertiary/aromatic N) is 1. The van der Waals surface area contributed by atoms with E-state index in [1.165, 1.54) is 0 Å². The molecule has 0 aromatic heterocycles. The fraction of sp³-hybridized carbons (Fsp3) is 0.875. The Bertz CT molecular complexity index is 148. The van der Waals surface area contributed by atoms with Crippen molar-refractivity contribution >= 4 is 5.78 Å². The zero-order valence-corrected chi connectivity index (χ0v) is 7.08. The molecule has 1 saturated heterocycles. The van der Waals surface area contributed by atoms with Crippen molar-refractivity contribution < 1.29 is 9.90 Å². The highest BCUT2D eigenvalue weighted by Gasteiger charge is 2.34. The van der Waals surface area contributed by atoms with Crippen molar-refractivity contribution in [2.24, 2.45) is 0 Å². The van der Waals surface area contributed by atoms with Crippen molar-refractivity contribution in [3.8, 4) is 0 Å². The van der Waals surface area contributed by atoms with E-state index >= 15 is 0 Å². The maximum atomic E-state index is 11.2. The molecule has 1 aliphatic heterocycles. The smallest absolute Gasteiger partial charge is 0.152 e. The largest absolute Gasteiger partial charge is 0.391 e. The summed E-state index contributed by atoms with van der Waals surface area (Å²) in [5.74, 6) is 0.150. The first kappa shape index (κ1) is 8.68. The molecule has 0 aromatic carbocycles. The molecular formula is C8H15NO2. The third-order valence-electron chi connectivity index (χ3n) is 2.30. The van der Waals surface area contributed by atoms with Gasteiger partial charge in [0.05, 0.1) is 12.1 Å². The molecule has 2 atom stereocenters. The predicted octanol–water partition coefficient (Wildman–Crippen LogP) is 0.0305. The number of aliphatic hydroxyl groups is 1. The van der Waals surface area contributed by atoms with Gasteiger partial charge < -0.3 is 5.11 Å². The first-order valence-corrected chi connectivity index (χ1v) is 4.07. The van der Waals surface area contributed by atoms with Gasteiger partial charge in [0.25, 0.3) is 0 Å². The Morgan fingerprint density at radius 2 is 2.36 bits per heavy atom. The predicted molar refractivity (Wildman–Crippen MR) is 42.3 cm³/mol. The lowest BCUT2D eigenvalue weighted by molar-refractivity contribution is -0.125. The van der Waals surface area contributed by atoms with E-state index in [1.54, 1.807) is 0 Å². The third-order valence-corrected chi connectivity index (χ3v) is 2.30. The van der Waals surface area contributed by atoms with Crippen molar-refractivity contribution in [1.82, 2.24) is 4.90 Å². The van der Waals surface area contributed by atoms with E-state index in [-0.39, 0.29) is 11.8 Å². The van der Waals surface area contributed by atoms with E-state index in [4.69, 9.17) is 0 Å². The van der Waals surface area contributed by atoms with Crippen LogP contribution in [-0.2, 0) is 4.79 Å². The Kier molecular flexibility index (Phi) is 2.62. The SMILES string of the molecule is CCC(=O)C1C(O)CCN1C. The maximum absolute atomic E-state index is 11.2. The van der Waals surface area contributed by atoms with Crippen molar-refractivity contribution in [3.05, 3.63) is 0 Å². The van der Waals surface area contributed by atoms with Gasteiger partial charge in [-0.3, -0.25) is 9.69 Å². The van der Waals surface area contributed by atoms with Gasteiger partial charge in [-0.1, -0.05) is 6.92 Å². The molecule has 3 nitrogen and oxygen atoms in total. The van der Waals surface area contributed by atoms with Crippen LogP contribution in [0.5, 0.6) is 0 Å². The van der Waals surface area contributed by atoms with Crippen molar-refractivity contribution in [2.75, 3.05) is 13.6 Å². The topological polar surface area (TPSA) is 40.5 Å².